The van der Waals surface area contributed by atoms with Crippen molar-refractivity contribution >= 4 is 11.6 Å². The van der Waals surface area contributed by atoms with Gasteiger partial charge in [-0.1, -0.05) is 12.5 Å². The number of aromatic nitrogens is 2. The summed E-state index contributed by atoms with van der Waals surface area (Å²) < 4.78 is 1.51. The normalized spacial score (nSPS) is 22.2. The average Bonchev–Trinajstić information content (AvgIpc) is 2.55. The number of likely N-dealkylation sites (tertiary alicyclic amines) is 2. The first-order chi connectivity index (χ1) is 12.1. The second-order valence-electron chi connectivity index (χ2n) is 7.28. The molecule has 2 aromatic rings. The second-order valence-corrected chi connectivity index (χ2v) is 7.28. The Bertz CT molecular complexity index is 869. The molecule has 6 heteroatoms. The fourth-order valence-electron chi connectivity index (χ4n) is 4.09. The van der Waals surface area contributed by atoms with Crippen LogP contribution in [0.5, 0.6) is 0 Å². The average molecular weight is 340 g/mol. The van der Waals surface area contributed by atoms with E-state index in [2.05, 4.69) is 16.8 Å². The fourth-order valence-corrected chi connectivity index (χ4v) is 4.09. The van der Waals surface area contributed by atoms with Crippen LogP contribution in [0.25, 0.3) is 5.65 Å². The first-order valence-electron chi connectivity index (χ1n) is 9.08. The molecule has 0 aliphatic carbocycles. The van der Waals surface area contributed by atoms with Gasteiger partial charge in [0.15, 0.2) is 0 Å². The SMILES string of the molecule is Cc1cccc2ncc(C(=O)N3CC(N4CCCC[C@H]4C)C3)c(=O)n12. The number of nitrogens with zero attached hydrogens (tertiary/aromatic N) is 4. The van der Waals surface area contributed by atoms with Gasteiger partial charge < -0.3 is 4.90 Å². The molecule has 1 amide bonds. The van der Waals surface area contributed by atoms with Crippen molar-refractivity contribution in [3.8, 4) is 0 Å². The molecule has 132 valence electrons. The first-order valence-corrected chi connectivity index (χ1v) is 9.08. The van der Waals surface area contributed by atoms with Crippen LogP contribution < -0.4 is 5.56 Å². The van der Waals surface area contributed by atoms with Crippen LogP contribution in [0, 0.1) is 6.92 Å². The number of pyridine rings is 1. The van der Waals surface area contributed by atoms with Crippen molar-refractivity contribution in [2.75, 3.05) is 19.6 Å². The molecule has 6 nitrogen and oxygen atoms in total. The lowest BCUT2D eigenvalue weighted by molar-refractivity contribution is 0.00200. The number of carbonyl (C=O) groups excluding carboxylic acids is 1. The van der Waals surface area contributed by atoms with Crippen LogP contribution in [-0.4, -0.2) is 56.8 Å². The van der Waals surface area contributed by atoms with Crippen LogP contribution in [-0.2, 0) is 0 Å². The number of fused-ring (bicyclic) bond motifs is 1. The van der Waals surface area contributed by atoms with Gasteiger partial charge >= 0.3 is 0 Å². The lowest BCUT2D eigenvalue weighted by Gasteiger charge is -2.49. The van der Waals surface area contributed by atoms with E-state index in [1.54, 1.807) is 11.0 Å². The van der Waals surface area contributed by atoms with Crippen molar-refractivity contribution in [3.63, 3.8) is 0 Å². The molecule has 4 rings (SSSR count). The maximum Gasteiger partial charge on any atom is 0.270 e. The lowest BCUT2D eigenvalue weighted by Crippen LogP contribution is -2.63. The molecule has 1 atom stereocenters. The van der Waals surface area contributed by atoms with Gasteiger partial charge in [0, 0.05) is 37.1 Å². The summed E-state index contributed by atoms with van der Waals surface area (Å²) in [5, 5.41) is 0. The number of rotatable bonds is 2. The van der Waals surface area contributed by atoms with Crippen molar-refractivity contribution in [2.45, 2.75) is 45.2 Å². The maximum absolute atomic E-state index is 12.8. The van der Waals surface area contributed by atoms with E-state index < -0.39 is 0 Å². The predicted octanol–water partition coefficient (Wildman–Crippen LogP) is 1.70. The minimum Gasteiger partial charge on any atom is -0.335 e. The van der Waals surface area contributed by atoms with E-state index in [4.69, 9.17) is 0 Å². The van der Waals surface area contributed by atoms with Crippen LogP contribution in [0.2, 0.25) is 0 Å². The van der Waals surface area contributed by atoms with Gasteiger partial charge in [0.2, 0.25) is 0 Å². The number of piperidine rings is 1. The van der Waals surface area contributed by atoms with Crippen molar-refractivity contribution in [1.29, 1.82) is 0 Å². The highest BCUT2D eigenvalue weighted by Crippen LogP contribution is 2.25. The topological polar surface area (TPSA) is 57.9 Å². The molecule has 0 bridgehead atoms. The van der Waals surface area contributed by atoms with E-state index in [9.17, 15) is 9.59 Å². The highest BCUT2D eigenvalue weighted by Gasteiger charge is 2.38. The summed E-state index contributed by atoms with van der Waals surface area (Å²) in [4.78, 5) is 34.1. The van der Waals surface area contributed by atoms with Gasteiger partial charge in [-0.25, -0.2) is 4.98 Å². The third kappa shape index (κ3) is 2.74. The third-order valence-corrected chi connectivity index (χ3v) is 5.63. The second kappa shape index (κ2) is 6.26. The van der Waals surface area contributed by atoms with Crippen molar-refractivity contribution in [2.24, 2.45) is 0 Å². The number of amides is 1. The molecule has 0 aromatic carbocycles. The summed E-state index contributed by atoms with van der Waals surface area (Å²) in [7, 11) is 0. The van der Waals surface area contributed by atoms with Crippen molar-refractivity contribution in [3.05, 3.63) is 46.0 Å². The molecule has 0 spiro atoms. The first kappa shape index (κ1) is 16.3. The van der Waals surface area contributed by atoms with Crippen LogP contribution >= 0.6 is 0 Å². The minimum atomic E-state index is -0.275. The van der Waals surface area contributed by atoms with E-state index >= 15 is 0 Å². The van der Waals surface area contributed by atoms with E-state index in [-0.39, 0.29) is 17.0 Å². The van der Waals surface area contributed by atoms with Crippen LogP contribution in [0.4, 0.5) is 0 Å². The summed E-state index contributed by atoms with van der Waals surface area (Å²) in [6.45, 7) is 6.65. The Morgan fingerprint density at radius 1 is 1.24 bits per heavy atom. The van der Waals surface area contributed by atoms with Crippen LogP contribution in [0.1, 0.15) is 42.2 Å². The predicted molar refractivity (Wildman–Crippen MR) is 95.9 cm³/mol. The minimum absolute atomic E-state index is 0.164. The Labute approximate surface area is 147 Å². The summed E-state index contributed by atoms with van der Waals surface area (Å²) in [6, 6.07) is 6.50. The Balaban J connectivity index is 1.53. The van der Waals surface area contributed by atoms with E-state index in [1.807, 2.05) is 19.1 Å². The molecule has 2 aromatic heterocycles. The van der Waals surface area contributed by atoms with E-state index in [1.165, 1.54) is 29.9 Å². The van der Waals surface area contributed by atoms with Gasteiger partial charge in [0.25, 0.3) is 11.5 Å². The van der Waals surface area contributed by atoms with Crippen molar-refractivity contribution in [1.82, 2.24) is 19.2 Å². The highest BCUT2D eigenvalue weighted by atomic mass is 16.2. The largest absolute Gasteiger partial charge is 0.335 e. The quantitative estimate of drug-likeness (QED) is 0.835. The fraction of sp³-hybridized carbons (Fsp3) is 0.526. The molecule has 4 heterocycles. The Hall–Kier alpha value is -2.21. The van der Waals surface area contributed by atoms with Crippen LogP contribution in [0.3, 0.4) is 0 Å². The van der Waals surface area contributed by atoms with Gasteiger partial charge in [-0.3, -0.25) is 18.9 Å². The summed E-state index contributed by atoms with van der Waals surface area (Å²) in [6.07, 6.45) is 5.20. The Kier molecular flexibility index (Phi) is 4.07. The zero-order valence-electron chi connectivity index (χ0n) is 14.8. The zero-order valence-corrected chi connectivity index (χ0v) is 14.8. The summed E-state index contributed by atoms with van der Waals surface area (Å²) in [5.74, 6) is -0.198. The van der Waals surface area contributed by atoms with Gasteiger partial charge in [-0.15, -0.1) is 0 Å². The molecule has 2 aliphatic rings. The molecule has 0 radical (unpaired) electrons. The third-order valence-electron chi connectivity index (χ3n) is 5.63. The van der Waals surface area contributed by atoms with E-state index in [0.29, 0.717) is 30.8 Å². The molecule has 0 unspecified atom stereocenters. The lowest BCUT2D eigenvalue weighted by atomic mass is 9.97. The number of carbonyl (C=O) groups is 1. The van der Waals surface area contributed by atoms with Crippen molar-refractivity contribution < 1.29 is 4.79 Å². The molecule has 2 saturated heterocycles. The molecular formula is C19H24N4O2. The van der Waals surface area contributed by atoms with Gasteiger partial charge in [-0.2, -0.15) is 0 Å². The van der Waals surface area contributed by atoms with Gasteiger partial charge in [0.1, 0.15) is 11.2 Å². The number of hydrogen-bond donors (Lipinski definition) is 0. The van der Waals surface area contributed by atoms with Crippen LogP contribution in [0.15, 0.2) is 29.2 Å². The monoisotopic (exact) mass is 340 g/mol. The molecular weight excluding hydrogens is 316 g/mol. The molecule has 2 fully saturated rings. The molecule has 0 N–H and O–H groups in total. The molecule has 25 heavy (non-hydrogen) atoms. The Morgan fingerprint density at radius 2 is 2.04 bits per heavy atom. The highest BCUT2D eigenvalue weighted by molar-refractivity contribution is 5.94. The molecule has 0 saturated carbocycles. The number of hydrogen-bond acceptors (Lipinski definition) is 4. The zero-order chi connectivity index (χ0) is 17.6. The van der Waals surface area contributed by atoms with Gasteiger partial charge in [-0.05, 0) is 45.4 Å². The maximum atomic E-state index is 12.8. The summed E-state index contributed by atoms with van der Waals surface area (Å²) in [5.41, 5.74) is 1.25. The van der Waals surface area contributed by atoms with Gasteiger partial charge in [0.05, 0.1) is 0 Å². The standard InChI is InChI=1S/C19H24N4O2/c1-13-6-3-4-9-22(13)15-11-21(12-15)18(24)16-10-20-17-8-5-7-14(2)23(17)19(16)25/h5,7-8,10,13,15H,3-4,6,9,11-12H2,1-2H3/t13-/m1/s1. The number of aryl methyl sites for hydroxylation is 1. The molecule has 2 aliphatic heterocycles. The Morgan fingerprint density at radius 3 is 2.80 bits per heavy atom. The van der Waals surface area contributed by atoms with E-state index in [0.717, 1.165) is 12.2 Å². The summed E-state index contributed by atoms with van der Waals surface area (Å²) >= 11 is 0. The smallest absolute Gasteiger partial charge is 0.270 e.